The Balaban J connectivity index is 0.00000300. The van der Waals surface area contributed by atoms with Crippen molar-refractivity contribution in [3.8, 4) is 0 Å². The van der Waals surface area contributed by atoms with Crippen LogP contribution in [0.5, 0.6) is 0 Å². The van der Waals surface area contributed by atoms with Gasteiger partial charge >= 0.3 is 0 Å². The van der Waals surface area contributed by atoms with E-state index in [9.17, 15) is 4.79 Å². The Labute approximate surface area is 188 Å². The zero-order valence-corrected chi connectivity index (χ0v) is 19.1. The molecular formula is C20H30IN5O3. The van der Waals surface area contributed by atoms with E-state index in [0.29, 0.717) is 24.8 Å². The van der Waals surface area contributed by atoms with Gasteiger partial charge < -0.3 is 24.8 Å². The number of rotatable bonds is 9. The molecule has 0 aliphatic carbocycles. The van der Waals surface area contributed by atoms with E-state index in [4.69, 9.17) is 8.83 Å². The van der Waals surface area contributed by atoms with Crippen molar-refractivity contribution < 1.29 is 13.6 Å². The summed E-state index contributed by atoms with van der Waals surface area (Å²) in [6.07, 6.45) is 5.71. The van der Waals surface area contributed by atoms with Crippen molar-refractivity contribution in [2.45, 2.75) is 32.4 Å². The molecule has 0 bridgehead atoms. The summed E-state index contributed by atoms with van der Waals surface area (Å²) in [4.78, 5) is 18.9. The number of nitrogens with one attached hydrogen (secondary N) is 3. The van der Waals surface area contributed by atoms with Gasteiger partial charge in [0.25, 0.3) is 0 Å². The first-order valence-electron chi connectivity index (χ1n) is 9.85. The summed E-state index contributed by atoms with van der Waals surface area (Å²) in [7, 11) is 0. The lowest BCUT2D eigenvalue weighted by Gasteiger charge is -2.26. The van der Waals surface area contributed by atoms with Gasteiger partial charge in [-0.3, -0.25) is 9.69 Å². The highest BCUT2D eigenvalue weighted by molar-refractivity contribution is 14.0. The van der Waals surface area contributed by atoms with Crippen molar-refractivity contribution in [2.75, 3.05) is 32.7 Å². The van der Waals surface area contributed by atoms with Crippen LogP contribution in [0.3, 0.4) is 0 Å². The summed E-state index contributed by atoms with van der Waals surface area (Å²) in [5.74, 6) is 2.12. The monoisotopic (exact) mass is 515 g/mol. The molecule has 1 amide bonds. The first-order chi connectivity index (χ1) is 13.8. The lowest BCUT2D eigenvalue weighted by atomic mass is 10.2. The van der Waals surface area contributed by atoms with Crippen LogP contribution in [-0.4, -0.2) is 49.5 Å². The predicted octanol–water partition coefficient (Wildman–Crippen LogP) is 2.50. The first kappa shape index (κ1) is 23.3. The van der Waals surface area contributed by atoms with Crippen LogP contribution in [0.1, 0.15) is 37.3 Å². The van der Waals surface area contributed by atoms with Gasteiger partial charge in [-0.25, -0.2) is 4.99 Å². The quantitative estimate of drug-likeness (QED) is 0.270. The van der Waals surface area contributed by atoms with Crippen LogP contribution >= 0.6 is 24.0 Å². The van der Waals surface area contributed by atoms with Crippen molar-refractivity contribution in [1.29, 1.82) is 0 Å². The number of nitrogens with zero attached hydrogens (tertiary/aromatic N) is 2. The molecule has 1 aliphatic heterocycles. The highest BCUT2D eigenvalue weighted by Crippen LogP contribution is 2.24. The van der Waals surface area contributed by atoms with Crippen molar-refractivity contribution in [3.05, 3.63) is 48.3 Å². The molecule has 3 N–H and O–H groups in total. The zero-order chi connectivity index (χ0) is 19.6. The Hall–Kier alpha value is -2.01. The number of likely N-dealkylation sites (tertiary alicyclic amines) is 1. The van der Waals surface area contributed by atoms with E-state index in [1.807, 2.05) is 25.1 Å². The van der Waals surface area contributed by atoms with Crippen LogP contribution in [-0.2, 0) is 11.3 Å². The summed E-state index contributed by atoms with van der Waals surface area (Å²) in [6, 6.07) is 7.69. The lowest BCUT2D eigenvalue weighted by molar-refractivity contribution is -0.119. The van der Waals surface area contributed by atoms with E-state index in [2.05, 4.69) is 25.8 Å². The van der Waals surface area contributed by atoms with Crippen LogP contribution in [0.25, 0.3) is 0 Å². The Bertz CT molecular complexity index is 727. The summed E-state index contributed by atoms with van der Waals surface area (Å²) >= 11 is 0. The van der Waals surface area contributed by atoms with E-state index in [1.165, 1.54) is 12.8 Å². The molecule has 160 valence electrons. The number of hydrogen-bond acceptors (Lipinski definition) is 5. The van der Waals surface area contributed by atoms with Crippen LogP contribution in [0, 0.1) is 0 Å². The van der Waals surface area contributed by atoms with E-state index >= 15 is 0 Å². The maximum atomic E-state index is 12.0. The fourth-order valence-electron chi connectivity index (χ4n) is 3.28. The number of furan rings is 2. The standard InChI is InChI=1S/C20H29N5O3.HI/c1-2-21-20(24-15-19(26)22-13-16-7-5-11-27-16)23-14-17(18-8-6-12-28-18)25-9-3-4-10-25;/h5-8,11-12,17H,2-4,9-10,13-15H2,1H3,(H,22,26)(H2,21,23,24);1H. The normalized spacial score (nSPS) is 15.6. The number of guanidine groups is 1. The summed E-state index contributed by atoms with van der Waals surface area (Å²) in [6.45, 7) is 5.92. The van der Waals surface area contributed by atoms with Crippen molar-refractivity contribution >= 4 is 35.8 Å². The van der Waals surface area contributed by atoms with E-state index in [1.54, 1.807) is 18.6 Å². The minimum atomic E-state index is -0.157. The Morgan fingerprint density at radius 1 is 1.14 bits per heavy atom. The SMILES string of the molecule is CCNC(=NCC(=O)NCc1ccco1)NCC(c1ccco1)N1CCCC1.I. The molecule has 1 aliphatic rings. The number of carbonyl (C=O) groups is 1. The molecule has 0 aromatic carbocycles. The van der Waals surface area contributed by atoms with Gasteiger partial charge in [0.2, 0.25) is 5.91 Å². The predicted molar refractivity (Wildman–Crippen MR) is 122 cm³/mol. The van der Waals surface area contributed by atoms with Crippen molar-refractivity contribution in [1.82, 2.24) is 20.9 Å². The Morgan fingerprint density at radius 3 is 2.55 bits per heavy atom. The van der Waals surface area contributed by atoms with Gasteiger partial charge in [0, 0.05) is 13.1 Å². The second-order valence-electron chi connectivity index (χ2n) is 6.71. The lowest BCUT2D eigenvalue weighted by Crippen LogP contribution is -2.43. The fourth-order valence-corrected chi connectivity index (χ4v) is 3.28. The van der Waals surface area contributed by atoms with Crippen molar-refractivity contribution in [2.24, 2.45) is 4.99 Å². The molecule has 0 saturated carbocycles. The number of halogens is 1. The number of hydrogen-bond donors (Lipinski definition) is 3. The highest BCUT2D eigenvalue weighted by atomic mass is 127. The molecule has 8 nitrogen and oxygen atoms in total. The second-order valence-corrected chi connectivity index (χ2v) is 6.71. The molecule has 2 aromatic heterocycles. The molecule has 1 saturated heterocycles. The molecule has 3 rings (SSSR count). The third kappa shape index (κ3) is 7.39. The largest absolute Gasteiger partial charge is 0.468 e. The molecule has 0 radical (unpaired) electrons. The van der Waals surface area contributed by atoms with E-state index in [0.717, 1.165) is 25.4 Å². The zero-order valence-electron chi connectivity index (χ0n) is 16.7. The van der Waals surface area contributed by atoms with Gasteiger partial charge in [-0.2, -0.15) is 0 Å². The average molecular weight is 515 g/mol. The maximum absolute atomic E-state index is 12.0. The van der Waals surface area contributed by atoms with Gasteiger partial charge in [-0.05, 0) is 57.1 Å². The van der Waals surface area contributed by atoms with E-state index < -0.39 is 0 Å². The van der Waals surface area contributed by atoms with Gasteiger partial charge in [0.1, 0.15) is 18.1 Å². The number of carbonyl (C=O) groups excluding carboxylic acids is 1. The molecule has 9 heteroatoms. The van der Waals surface area contributed by atoms with Crippen molar-refractivity contribution in [3.63, 3.8) is 0 Å². The van der Waals surface area contributed by atoms with Gasteiger partial charge in [-0.1, -0.05) is 0 Å². The highest BCUT2D eigenvalue weighted by Gasteiger charge is 2.25. The molecule has 3 heterocycles. The molecule has 1 atom stereocenters. The molecule has 2 aromatic rings. The average Bonchev–Trinajstić information content (AvgIpc) is 3.48. The summed E-state index contributed by atoms with van der Waals surface area (Å²) < 4.78 is 10.9. The van der Waals surface area contributed by atoms with Gasteiger partial charge in [0.15, 0.2) is 5.96 Å². The van der Waals surface area contributed by atoms with Crippen LogP contribution in [0.15, 0.2) is 50.6 Å². The molecule has 0 spiro atoms. The number of aliphatic imine (C=N–C) groups is 1. The van der Waals surface area contributed by atoms with Crippen LogP contribution < -0.4 is 16.0 Å². The Morgan fingerprint density at radius 2 is 1.90 bits per heavy atom. The molecular weight excluding hydrogens is 485 g/mol. The van der Waals surface area contributed by atoms with E-state index in [-0.39, 0.29) is 42.5 Å². The summed E-state index contributed by atoms with van der Waals surface area (Å²) in [5, 5.41) is 9.34. The molecule has 29 heavy (non-hydrogen) atoms. The Kier molecular flexibility index (Phi) is 10.1. The number of amides is 1. The molecule has 1 fully saturated rings. The minimum Gasteiger partial charge on any atom is -0.468 e. The first-order valence-corrected chi connectivity index (χ1v) is 9.85. The van der Waals surface area contributed by atoms with Gasteiger partial charge in [0.05, 0.1) is 25.1 Å². The van der Waals surface area contributed by atoms with Crippen LogP contribution in [0.2, 0.25) is 0 Å². The third-order valence-corrected chi connectivity index (χ3v) is 4.68. The van der Waals surface area contributed by atoms with Gasteiger partial charge in [-0.15, -0.1) is 24.0 Å². The maximum Gasteiger partial charge on any atom is 0.242 e. The molecule has 1 unspecified atom stereocenters. The third-order valence-electron chi connectivity index (χ3n) is 4.68. The fraction of sp³-hybridized carbons (Fsp3) is 0.500. The topological polar surface area (TPSA) is 95.0 Å². The minimum absolute atomic E-state index is 0. The summed E-state index contributed by atoms with van der Waals surface area (Å²) in [5.41, 5.74) is 0. The van der Waals surface area contributed by atoms with Crippen LogP contribution in [0.4, 0.5) is 0 Å². The smallest absolute Gasteiger partial charge is 0.242 e. The second kappa shape index (κ2) is 12.5.